The third kappa shape index (κ3) is 5.24. The van der Waals surface area contributed by atoms with Crippen molar-refractivity contribution in [3.05, 3.63) is 34.9 Å². The van der Waals surface area contributed by atoms with Crippen LogP contribution in [-0.2, 0) is 11.3 Å². The molecule has 21 heavy (non-hydrogen) atoms. The molecule has 1 aliphatic rings. The van der Waals surface area contributed by atoms with Gasteiger partial charge in [0.2, 0.25) is 0 Å². The van der Waals surface area contributed by atoms with Crippen LogP contribution in [0.4, 0.5) is 0 Å². The van der Waals surface area contributed by atoms with Gasteiger partial charge in [0.1, 0.15) is 0 Å². The number of aliphatic hydroxyl groups excluding tert-OH is 2. The van der Waals surface area contributed by atoms with Gasteiger partial charge in [0, 0.05) is 24.2 Å². The van der Waals surface area contributed by atoms with E-state index in [1.54, 1.807) is 0 Å². The molecule has 0 aromatic heterocycles. The van der Waals surface area contributed by atoms with Crippen LogP contribution >= 0.6 is 11.6 Å². The van der Waals surface area contributed by atoms with Gasteiger partial charge in [-0.3, -0.25) is 0 Å². The first-order valence-corrected chi connectivity index (χ1v) is 7.92. The van der Waals surface area contributed by atoms with Gasteiger partial charge in [-0.05, 0) is 30.4 Å². The minimum Gasteiger partial charge on any atom is -0.396 e. The second kappa shape index (κ2) is 8.71. The highest BCUT2D eigenvalue weighted by molar-refractivity contribution is 6.31. The summed E-state index contributed by atoms with van der Waals surface area (Å²) in [6.45, 7) is 1.38. The lowest BCUT2D eigenvalue weighted by Gasteiger charge is -2.21. The quantitative estimate of drug-likeness (QED) is 0.686. The van der Waals surface area contributed by atoms with Crippen LogP contribution in [0, 0.1) is 5.92 Å². The topological polar surface area (TPSA) is 61.7 Å². The zero-order chi connectivity index (χ0) is 15.1. The fourth-order valence-electron chi connectivity index (χ4n) is 2.79. The Morgan fingerprint density at radius 1 is 1.33 bits per heavy atom. The van der Waals surface area contributed by atoms with Crippen LogP contribution in [0.15, 0.2) is 24.3 Å². The van der Waals surface area contributed by atoms with Crippen molar-refractivity contribution in [2.24, 2.45) is 5.92 Å². The summed E-state index contributed by atoms with van der Waals surface area (Å²) in [6, 6.07) is 7.85. The highest BCUT2D eigenvalue weighted by Gasteiger charge is 2.26. The third-order valence-electron chi connectivity index (χ3n) is 4.03. The van der Waals surface area contributed by atoms with Gasteiger partial charge in [0.05, 0.1) is 19.3 Å². The number of rotatable bonds is 8. The van der Waals surface area contributed by atoms with E-state index in [9.17, 15) is 10.2 Å². The van der Waals surface area contributed by atoms with E-state index >= 15 is 0 Å². The van der Waals surface area contributed by atoms with E-state index in [2.05, 4.69) is 5.32 Å². The molecule has 1 aliphatic carbocycles. The molecule has 3 N–H and O–H groups in total. The normalized spacial score (nSPS) is 23.4. The molecule has 1 aromatic rings. The van der Waals surface area contributed by atoms with Gasteiger partial charge < -0.3 is 20.3 Å². The van der Waals surface area contributed by atoms with Crippen LogP contribution in [-0.4, -0.2) is 42.1 Å². The van der Waals surface area contributed by atoms with Crippen molar-refractivity contribution in [1.29, 1.82) is 0 Å². The molecule has 1 saturated carbocycles. The van der Waals surface area contributed by atoms with Crippen LogP contribution in [0.2, 0.25) is 5.02 Å². The van der Waals surface area contributed by atoms with Crippen molar-refractivity contribution in [3.8, 4) is 0 Å². The molecular formula is C16H24ClNO3. The van der Waals surface area contributed by atoms with Gasteiger partial charge in [-0.2, -0.15) is 0 Å². The summed E-state index contributed by atoms with van der Waals surface area (Å²) in [5.74, 6) is 0.321. The number of ether oxygens (including phenoxy) is 1. The monoisotopic (exact) mass is 313 g/mol. The van der Waals surface area contributed by atoms with E-state index in [0.717, 1.165) is 24.8 Å². The SMILES string of the molecule is OCC1CCCC1NCC(O)COCc1ccccc1Cl. The number of benzene rings is 1. The molecule has 0 saturated heterocycles. The molecule has 0 aliphatic heterocycles. The fraction of sp³-hybridized carbons (Fsp3) is 0.625. The molecule has 0 heterocycles. The first kappa shape index (κ1) is 16.7. The standard InChI is InChI=1S/C16H24ClNO3/c17-15-6-2-1-4-13(15)10-21-11-14(20)8-18-16-7-3-5-12(16)9-19/h1-2,4,6,12,14,16,18-20H,3,5,7-11H2. The van der Waals surface area contributed by atoms with E-state index in [-0.39, 0.29) is 13.2 Å². The largest absolute Gasteiger partial charge is 0.396 e. The van der Waals surface area contributed by atoms with E-state index in [0.29, 0.717) is 30.1 Å². The second-order valence-corrected chi connectivity index (χ2v) is 6.06. The fourth-order valence-corrected chi connectivity index (χ4v) is 2.98. The predicted molar refractivity (Wildman–Crippen MR) is 83.3 cm³/mol. The van der Waals surface area contributed by atoms with E-state index in [4.69, 9.17) is 16.3 Å². The van der Waals surface area contributed by atoms with E-state index in [1.807, 2.05) is 24.3 Å². The lowest BCUT2D eigenvalue weighted by Crippen LogP contribution is -2.40. The van der Waals surface area contributed by atoms with Crippen LogP contribution < -0.4 is 5.32 Å². The van der Waals surface area contributed by atoms with Gasteiger partial charge in [0.25, 0.3) is 0 Å². The van der Waals surface area contributed by atoms with Gasteiger partial charge in [-0.15, -0.1) is 0 Å². The van der Waals surface area contributed by atoms with Gasteiger partial charge >= 0.3 is 0 Å². The Labute approximate surface area is 131 Å². The minimum absolute atomic E-state index is 0.219. The van der Waals surface area contributed by atoms with Gasteiger partial charge in [0.15, 0.2) is 0 Å². The molecule has 0 bridgehead atoms. The molecule has 0 radical (unpaired) electrons. The number of hydrogen-bond acceptors (Lipinski definition) is 4. The Morgan fingerprint density at radius 2 is 2.14 bits per heavy atom. The Hall–Kier alpha value is -0.650. The summed E-state index contributed by atoms with van der Waals surface area (Å²) in [6.07, 6.45) is 2.72. The zero-order valence-electron chi connectivity index (χ0n) is 12.2. The highest BCUT2D eigenvalue weighted by atomic mass is 35.5. The molecule has 4 nitrogen and oxygen atoms in total. The number of nitrogens with one attached hydrogen (secondary N) is 1. The predicted octanol–water partition coefficient (Wildman–Crippen LogP) is 1.97. The molecule has 3 atom stereocenters. The molecular weight excluding hydrogens is 290 g/mol. The Kier molecular flexibility index (Phi) is 6.93. The van der Waals surface area contributed by atoms with E-state index < -0.39 is 6.10 Å². The Morgan fingerprint density at radius 3 is 2.90 bits per heavy atom. The van der Waals surface area contributed by atoms with Crippen LogP contribution in [0.25, 0.3) is 0 Å². The van der Waals surface area contributed by atoms with Crippen LogP contribution in [0.3, 0.4) is 0 Å². The lowest BCUT2D eigenvalue weighted by molar-refractivity contribution is 0.0265. The smallest absolute Gasteiger partial charge is 0.0897 e. The van der Waals surface area contributed by atoms with Crippen molar-refractivity contribution >= 4 is 11.6 Å². The summed E-state index contributed by atoms with van der Waals surface area (Å²) in [4.78, 5) is 0. The molecule has 1 aromatic carbocycles. The number of aliphatic hydroxyl groups is 2. The summed E-state index contributed by atoms with van der Waals surface area (Å²) < 4.78 is 5.51. The molecule has 1 fully saturated rings. The summed E-state index contributed by atoms with van der Waals surface area (Å²) in [5.41, 5.74) is 0.926. The lowest BCUT2D eigenvalue weighted by atomic mass is 10.1. The average Bonchev–Trinajstić information content (AvgIpc) is 2.94. The van der Waals surface area contributed by atoms with Gasteiger partial charge in [-0.25, -0.2) is 0 Å². The van der Waals surface area contributed by atoms with Crippen molar-refractivity contribution in [2.75, 3.05) is 19.8 Å². The highest BCUT2D eigenvalue weighted by Crippen LogP contribution is 2.24. The molecule has 118 valence electrons. The second-order valence-electron chi connectivity index (χ2n) is 5.65. The maximum atomic E-state index is 9.93. The number of hydrogen-bond donors (Lipinski definition) is 3. The van der Waals surface area contributed by atoms with Crippen molar-refractivity contribution in [2.45, 2.75) is 38.0 Å². The Balaban J connectivity index is 1.64. The maximum absolute atomic E-state index is 9.93. The van der Waals surface area contributed by atoms with Crippen LogP contribution in [0.5, 0.6) is 0 Å². The van der Waals surface area contributed by atoms with Crippen molar-refractivity contribution < 1.29 is 14.9 Å². The minimum atomic E-state index is -0.549. The van der Waals surface area contributed by atoms with Crippen molar-refractivity contribution in [1.82, 2.24) is 5.32 Å². The first-order chi connectivity index (χ1) is 10.2. The average molecular weight is 314 g/mol. The first-order valence-electron chi connectivity index (χ1n) is 7.54. The zero-order valence-corrected chi connectivity index (χ0v) is 12.9. The number of halogens is 1. The van der Waals surface area contributed by atoms with Crippen LogP contribution in [0.1, 0.15) is 24.8 Å². The van der Waals surface area contributed by atoms with Gasteiger partial charge in [-0.1, -0.05) is 36.2 Å². The molecule has 5 heteroatoms. The van der Waals surface area contributed by atoms with E-state index in [1.165, 1.54) is 0 Å². The Bertz CT molecular complexity index is 430. The summed E-state index contributed by atoms with van der Waals surface area (Å²) >= 11 is 6.04. The summed E-state index contributed by atoms with van der Waals surface area (Å²) in [5, 5.41) is 23.2. The third-order valence-corrected chi connectivity index (χ3v) is 4.40. The molecule has 2 rings (SSSR count). The van der Waals surface area contributed by atoms with Crippen molar-refractivity contribution in [3.63, 3.8) is 0 Å². The molecule has 0 spiro atoms. The molecule has 3 unspecified atom stereocenters. The molecule has 0 amide bonds. The maximum Gasteiger partial charge on any atom is 0.0897 e. The summed E-state index contributed by atoms with van der Waals surface area (Å²) in [7, 11) is 0.